The first-order valence-corrected chi connectivity index (χ1v) is 6.78. The van der Waals surface area contributed by atoms with E-state index in [4.69, 9.17) is 4.74 Å². The van der Waals surface area contributed by atoms with Crippen LogP contribution < -0.4 is 4.74 Å². The van der Waals surface area contributed by atoms with E-state index in [1.807, 2.05) is 45.0 Å². The second-order valence-electron chi connectivity index (χ2n) is 6.13. The van der Waals surface area contributed by atoms with E-state index in [2.05, 4.69) is 0 Å². The first-order valence-electron chi connectivity index (χ1n) is 6.78. The van der Waals surface area contributed by atoms with Crippen molar-refractivity contribution in [2.75, 3.05) is 0 Å². The highest BCUT2D eigenvalue weighted by molar-refractivity contribution is 5.99. The lowest BCUT2D eigenvalue weighted by atomic mass is 9.86. The molecule has 0 bridgehead atoms. The number of Topliss-reactive ketones (excluding diaryl/α,β-unsaturated/α-hetero) is 1. The third-order valence-corrected chi connectivity index (χ3v) is 3.40. The van der Waals surface area contributed by atoms with Gasteiger partial charge in [0.05, 0.1) is 6.10 Å². The average Bonchev–Trinajstić information content (AvgIpc) is 2.81. The van der Waals surface area contributed by atoms with Crippen molar-refractivity contribution in [2.45, 2.75) is 52.6 Å². The molecule has 1 fully saturated rings. The molecule has 1 aromatic carbocycles. The average molecular weight is 246 g/mol. The van der Waals surface area contributed by atoms with Gasteiger partial charge in [0, 0.05) is 11.0 Å². The molecule has 0 heterocycles. The summed E-state index contributed by atoms with van der Waals surface area (Å²) in [4.78, 5) is 12.1. The predicted octanol–water partition coefficient (Wildman–Crippen LogP) is 4.24. The fourth-order valence-electron chi connectivity index (χ4n) is 2.32. The highest BCUT2D eigenvalue weighted by Gasteiger charge is 2.23. The largest absolute Gasteiger partial charge is 0.490 e. The summed E-state index contributed by atoms with van der Waals surface area (Å²) in [6.07, 6.45) is 5.22. The normalized spacial score (nSPS) is 16.8. The van der Waals surface area contributed by atoms with Crippen LogP contribution in [0.2, 0.25) is 0 Å². The van der Waals surface area contributed by atoms with Crippen LogP contribution in [-0.2, 0) is 0 Å². The van der Waals surface area contributed by atoms with Crippen LogP contribution in [0.1, 0.15) is 56.8 Å². The summed E-state index contributed by atoms with van der Waals surface area (Å²) in [5, 5.41) is 0. The molecule has 0 radical (unpaired) electrons. The summed E-state index contributed by atoms with van der Waals surface area (Å²) in [5.41, 5.74) is 0.439. The van der Waals surface area contributed by atoms with E-state index >= 15 is 0 Å². The zero-order valence-corrected chi connectivity index (χ0v) is 11.5. The number of hydrogen-bond acceptors (Lipinski definition) is 2. The van der Waals surface area contributed by atoms with Gasteiger partial charge in [-0.15, -0.1) is 0 Å². The molecule has 0 aromatic heterocycles. The Morgan fingerprint density at radius 3 is 2.17 bits per heavy atom. The van der Waals surface area contributed by atoms with Crippen molar-refractivity contribution in [3.63, 3.8) is 0 Å². The maximum atomic E-state index is 12.1. The maximum Gasteiger partial charge on any atom is 0.168 e. The molecule has 0 atom stereocenters. The van der Waals surface area contributed by atoms with Gasteiger partial charge in [-0.05, 0) is 49.9 Å². The van der Waals surface area contributed by atoms with Crippen LogP contribution in [0.15, 0.2) is 24.3 Å². The van der Waals surface area contributed by atoms with Gasteiger partial charge in [-0.1, -0.05) is 20.8 Å². The minimum atomic E-state index is -0.326. The van der Waals surface area contributed by atoms with Crippen LogP contribution in [0.5, 0.6) is 5.75 Å². The summed E-state index contributed by atoms with van der Waals surface area (Å²) in [7, 11) is 0. The second-order valence-corrected chi connectivity index (χ2v) is 6.13. The number of rotatable bonds is 3. The Morgan fingerprint density at radius 1 is 1.11 bits per heavy atom. The van der Waals surface area contributed by atoms with Gasteiger partial charge in [-0.2, -0.15) is 0 Å². The van der Waals surface area contributed by atoms with Gasteiger partial charge < -0.3 is 4.74 Å². The van der Waals surface area contributed by atoms with Crippen molar-refractivity contribution in [1.29, 1.82) is 0 Å². The highest BCUT2D eigenvalue weighted by atomic mass is 16.5. The van der Waals surface area contributed by atoms with Gasteiger partial charge in [0.15, 0.2) is 5.78 Å². The molecule has 0 spiro atoms. The van der Waals surface area contributed by atoms with E-state index in [0.29, 0.717) is 6.10 Å². The Labute approximate surface area is 109 Å². The van der Waals surface area contributed by atoms with E-state index in [-0.39, 0.29) is 11.2 Å². The van der Waals surface area contributed by atoms with Gasteiger partial charge in [0.1, 0.15) is 5.75 Å². The molecule has 18 heavy (non-hydrogen) atoms. The Kier molecular flexibility index (Phi) is 3.74. The fourth-order valence-corrected chi connectivity index (χ4v) is 2.32. The van der Waals surface area contributed by atoms with E-state index in [1.165, 1.54) is 12.8 Å². The topological polar surface area (TPSA) is 26.3 Å². The van der Waals surface area contributed by atoms with Crippen molar-refractivity contribution >= 4 is 5.78 Å². The quantitative estimate of drug-likeness (QED) is 0.746. The van der Waals surface area contributed by atoms with Crippen LogP contribution >= 0.6 is 0 Å². The fraction of sp³-hybridized carbons (Fsp3) is 0.562. The standard InChI is InChI=1S/C16H22O2/c1-16(2,3)15(17)12-8-10-14(11-9-12)18-13-6-4-5-7-13/h8-11,13H,4-7H2,1-3H3. The molecular weight excluding hydrogens is 224 g/mol. The number of carbonyl (C=O) groups is 1. The molecule has 0 saturated heterocycles. The number of carbonyl (C=O) groups excluding carboxylic acids is 1. The van der Waals surface area contributed by atoms with Crippen LogP contribution in [0, 0.1) is 5.41 Å². The molecular formula is C16H22O2. The molecule has 1 aliphatic rings. The Bertz CT molecular complexity index is 406. The highest BCUT2D eigenvalue weighted by Crippen LogP contribution is 2.26. The van der Waals surface area contributed by atoms with E-state index in [9.17, 15) is 4.79 Å². The maximum absolute atomic E-state index is 12.1. The summed E-state index contributed by atoms with van der Waals surface area (Å²) >= 11 is 0. The number of ketones is 1. The SMILES string of the molecule is CC(C)(C)C(=O)c1ccc(OC2CCCC2)cc1. The summed E-state index contributed by atoms with van der Waals surface area (Å²) in [6, 6.07) is 7.57. The minimum absolute atomic E-state index is 0.176. The van der Waals surface area contributed by atoms with Gasteiger partial charge in [0.25, 0.3) is 0 Å². The minimum Gasteiger partial charge on any atom is -0.490 e. The van der Waals surface area contributed by atoms with E-state index in [1.54, 1.807) is 0 Å². The molecule has 2 heteroatoms. The van der Waals surface area contributed by atoms with Gasteiger partial charge in [-0.25, -0.2) is 0 Å². The van der Waals surface area contributed by atoms with Crippen LogP contribution in [-0.4, -0.2) is 11.9 Å². The third-order valence-electron chi connectivity index (χ3n) is 3.40. The lowest BCUT2D eigenvalue weighted by molar-refractivity contribution is 0.0858. The van der Waals surface area contributed by atoms with Gasteiger partial charge in [0.2, 0.25) is 0 Å². The summed E-state index contributed by atoms with van der Waals surface area (Å²) in [5.74, 6) is 1.06. The van der Waals surface area contributed by atoms with E-state index in [0.717, 1.165) is 24.2 Å². The first-order chi connectivity index (χ1) is 8.47. The smallest absolute Gasteiger partial charge is 0.168 e. The van der Waals surface area contributed by atoms with Gasteiger partial charge >= 0.3 is 0 Å². The molecule has 1 aliphatic carbocycles. The van der Waals surface area contributed by atoms with E-state index < -0.39 is 0 Å². The Balaban J connectivity index is 2.03. The Morgan fingerprint density at radius 2 is 1.67 bits per heavy atom. The lowest BCUT2D eigenvalue weighted by Crippen LogP contribution is -2.20. The zero-order chi connectivity index (χ0) is 13.2. The molecule has 1 saturated carbocycles. The van der Waals surface area contributed by atoms with Crippen LogP contribution in [0.3, 0.4) is 0 Å². The zero-order valence-electron chi connectivity index (χ0n) is 11.5. The summed E-state index contributed by atoms with van der Waals surface area (Å²) in [6.45, 7) is 5.83. The predicted molar refractivity (Wildman–Crippen MR) is 73.1 cm³/mol. The molecule has 98 valence electrons. The van der Waals surface area contributed by atoms with Crippen molar-refractivity contribution in [3.8, 4) is 5.75 Å². The molecule has 1 aromatic rings. The molecule has 0 amide bonds. The van der Waals surface area contributed by atoms with Crippen molar-refractivity contribution in [1.82, 2.24) is 0 Å². The number of hydrogen-bond donors (Lipinski definition) is 0. The third kappa shape index (κ3) is 3.12. The second kappa shape index (κ2) is 5.13. The van der Waals surface area contributed by atoms with Crippen molar-refractivity contribution in [3.05, 3.63) is 29.8 Å². The van der Waals surface area contributed by atoms with Gasteiger partial charge in [-0.3, -0.25) is 4.79 Å². The van der Waals surface area contributed by atoms with Crippen molar-refractivity contribution < 1.29 is 9.53 Å². The van der Waals surface area contributed by atoms with Crippen LogP contribution in [0.25, 0.3) is 0 Å². The van der Waals surface area contributed by atoms with Crippen molar-refractivity contribution in [2.24, 2.45) is 5.41 Å². The van der Waals surface area contributed by atoms with Crippen LogP contribution in [0.4, 0.5) is 0 Å². The molecule has 0 N–H and O–H groups in total. The molecule has 2 nitrogen and oxygen atoms in total. The first kappa shape index (κ1) is 13.1. The summed E-state index contributed by atoms with van der Waals surface area (Å²) < 4.78 is 5.88. The monoisotopic (exact) mass is 246 g/mol. The molecule has 0 unspecified atom stereocenters. The molecule has 0 aliphatic heterocycles. The molecule has 2 rings (SSSR count). The lowest BCUT2D eigenvalue weighted by Gasteiger charge is -2.17. The Hall–Kier alpha value is -1.31. The number of ether oxygens (including phenoxy) is 1. The number of benzene rings is 1.